The molecule has 0 spiro atoms. The Morgan fingerprint density at radius 3 is 2.62 bits per heavy atom. The zero-order valence-corrected chi connectivity index (χ0v) is 8.51. The van der Waals surface area contributed by atoms with Gasteiger partial charge in [-0.2, -0.15) is 5.10 Å². The number of rotatable bonds is 1. The van der Waals surface area contributed by atoms with Crippen molar-refractivity contribution in [2.75, 3.05) is 5.73 Å². The average Bonchev–Trinajstić information content (AvgIpc) is 2.72. The van der Waals surface area contributed by atoms with Crippen LogP contribution in [0.1, 0.15) is 0 Å². The summed E-state index contributed by atoms with van der Waals surface area (Å²) in [5.74, 6) is 0.538. The number of H-pyrrole nitrogens is 1. The van der Waals surface area contributed by atoms with Gasteiger partial charge in [-0.15, -0.1) is 0 Å². The molecule has 2 aromatic heterocycles. The first kappa shape index (κ1) is 8.91. The number of nitrogens with two attached hydrogens (primary N) is 1. The summed E-state index contributed by atoms with van der Waals surface area (Å²) in [6.07, 6.45) is 3.56. The third kappa shape index (κ3) is 1.32. The SMILES string of the molecule is Nc1n[nH]c2cc(-c3ccncc3)ccc12. The molecule has 0 atom stereocenters. The standard InChI is InChI=1S/C12H10N4/c13-12-10-2-1-9(7-11(10)15-16-12)8-3-5-14-6-4-8/h1-7H,(H3,13,15,16). The van der Waals surface area contributed by atoms with Crippen LogP contribution in [0.25, 0.3) is 22.0 Å². The number of pyridine rings is 1. The summed E-state index contributed by atoms with van der Waals surface area (Å²) in [6, 6.07) is 9.99. The van der Waals surface area contributed by atoms with Gasteiger partial charge in [-0.05, 0) is 35.4 Å². The van der Waals surface area contributed by atoms with Gasteiger partial charge in [0.05, 0.1) is 5.52 Å². The maximum absolute atomic E-state index is 5.71. The molecule has 2 heterocycles. The lowest BCUT2D eigenvalue weighted by molar-refractivity contribution is 1.13. The maximum Gasteiger partial charge on any atom is 0.153 e. The van der Waals surface area contributed by atoms with E-state index in [1.165, 1.54) is 0 Å². The third-order valence-electron chi connectivity index (χ3n) is 2.61. The number of nitrogens with one attached hydrogen (secondary N) is 1. The Morgan fingerprint density at radius 2 is 1.81 bits per heavy atom. The second-order valence-corrected chi connectivity index (χ2v) is 3.61. The Morgan fingerprint density at radius 1 is 1.00 bits per heavy atom. The van der Waals surface area contributed by atoms with Gasteiger partial charge in [0, 0.05) is 17.8 Å². The lowest BCUT2D eigenvalue weighted by Gasteiger charge is -2.00. The maximum atomic E-state index is 5.71. The Kier molecular flexibility index (Phi) is 1.86. The molecule has 0 fully saturated rings. The molecule has 0 amide bonds. The molecule has 0 radical (unpaired) electrons. The fourth-order valence-corrected chi connectivity index (χ4v) is 1.76. The Bertz CT molecular complexity index is 628. The molecule has 3 rings (SSSR count). The predicted molar refractivity (Wildman–Crippen MR) is 63.7 cm³/mol. The molecule has 3 aromatic rings. The average molecular weight is 210 g/mol. The summed E-state index contributed by atoms with van der Waals surface area (Å²) in [5, 5.41) is 7.83. The van der Waals surface area contributed by atoms with Crippen LogP contribution in [-0.2, 0) is 0 Å². The smallest absolute Gasteiger partial charge is 0.153 e. The lowest BCUT2D eigenvalue weighted by atomic mass is 10.1. The van der Waals surface area contributed by atoms with Crippen LogP contribution in [0, 0.1) is 0 Å². The van der Waals surface area contributed by atoms with E-state index in [-0.39, 0.29) is 0 Å². The van der Waals surface area contributed by atoms with Gasteiger partial charge in [0.15, 0.2) is 5.82 Å². The van der Waals surface area contributed by atoms with E-state index < -0.39 is 0 Å². The van der Waals surface area contributed by atoms with E-state index in [2.05, 4.69) is 15.2 Å². The second-order valence-electron chi connectivity index (χ2n) is 3.61. The summed E-state index contributed by atoms with van der Waals surface area (Å²) < 4.78 is 0. The lowest BCUT2D eigenvalue weighted by Crippen LogP contribution is -1.83. The topological polar surface area (TPSA) is 67.6 Å². The molecule has 16 heavy (non-hydrogen) atoms. The number of nitrogen functional groups attached to an aromatic ring is 1. The first-order chi connectivity index (χ1) is 7.84. The van der Waals surface area contributed by atoms with E-state index in [4.69, 9.17) is 5.73 Å². The largest absolute Gasteiger partial charge is 0.382 e. The second kappa shape index (κ2) is 3.34. The fourth-order valence-electron chi connectivity index (χ4n) is 1.76. The van der Waals surface area contributed by atoms with Crippen LogP contribution in [0.5, 0.6) is 0 Å². The highest BCUT2D eigenvalue weighted by Crippen LogP contribution is 2.25. The number of fused-ring (bicyclic) bond motifs is 1. The van der Waals surface area contributed by atoms with E-state index in [0.717, 1.165) is 22.0 Å². The van der Waals surface area contributed by atoms with E-state index in [0.29, 0.717) is 5.82 Å². The van der Waals surface area contributed by atoms with Gasteiger partial charge in [-0.25, -0.2) is 0 Å². The predicted octanol–water partition coefficient (Wildman–Crippen LogP) is 2.21. The summed E-state index contributed by atoms with van der Waals surface area (Å²) in [6.45, 7) is 0. The van der Waals surface area contributed by atoms with Crippen LogP contribution in [0.3, 0.4) is 0 Å². The summed E-state index contributed by atoms with van der Waals surface area (Å²) in [4.78, 5) is 4.00. The Labute approximate surface area is 92.1 Å². The van der Waals surface area contributed by atoms with E-state index in [9.17, 15) is 0 Å². The molecule has 0 saturated carbocycles. The number of aromatic amines is 1. The van der Waals surface area contributed by atoms with Gasteiger partial charge in [0.25, 0.3) is 0 Å². The monoisotopic (exact) mass is 210 g/mol. The minimum atomic E-state index is 0.538. The van der Waals surface area contributed by atoms with Gasteiger partial charge >= 0.3 is 0 Å². The minimum Gasteiger partial charge on any atom is -0.382 e. The quantitative estimate of drug-likeness (QED) is 0.647. The van der Waals surface area contributed by atoms with Crippen molar-refractivity contribution >= 4 is 16.7 Å². The molecule has 0 aliphatic carbocycles. The normalized spacial score (nSPS) is 10.8. The molecule has 0 saturated heterocycles. The summed E-state index contributed by atoms with van der Waals surface area (Å²) in [7, 11) is 0. The van der Waals surface area contributed by atoms with Crippen LogP contribution in [-0.4, -0.2) is 15.2 Å². The fraction of sp³-hybridized carbons (Fsp3) is 0. The molecule has 1 aromatic carbocycles. The van der Waals surface area contributed by atoms with Crippen LogP contribution >= 0.6 is 0 Å². The molecule has 0 aliphatic rings. The first-order valence-corrected chi connectivity index (χ1v) is 4.98. The van der Waals surface area contributed by atoms with Gasteiger partial charge in [0.2, 0.25) is 0 Å². The highest BCUT2D eigenvalue weighted by molar-refractivity contribution is 5.91. The van der Waals surface area contributed by atoms with Gasteiger partial charge < -0.3 is 5.73 Å². The number of benzene rings is 1. The van der Waals surface area contributed by atoms with Gasteiger partial charge in [0.1, 0.15) is 0 Å². The van der Waals surface area contributed by atoms with Crippen LogP contribution in [0.2, 0.25) is 0 Å². The summed E-state index contributed by atoms with van der Waals surface area (Å²) >= 11 is 0. The van der Waals surface area contributed by atoms with Gasteiger partial charge in [-0.3, -0.25) is 10.1 Å². The number of anilines is 1. The van der Waals surface area contributed by atoms with Crippen LogP contribution in [0.4, 0.5) is 5.82 Å². The molecule has 78 valence electrons. The molecule has 4 nitrogen and oxygen atoms in total. The summed E-state index contributed by atoms with van der Waals surface area (Å²) in [5.41, 5.74) is 8.92. The number of hydrogen-bond donors (Lipinski definition) is 2. The molecule has 0 aliphatic heterocycles. The van der Waals surface area contributed by atoms with Crippen LogP contribution < -0.4 is 5.73 Å². The van der Waals surface area contributed by atoms with Crippen molar-refractivity contribution in [2.45, 2.75) is 0 Å². The van der Waals surface area contributed by atoms with E-state index in [1.807, 2.05) is 30.3 Å². The molecule has 0 bridgehead atoms. The molecule has 4 heteroatoms. The number of nitrogens with zero attached hydrogens (tertiary/aromatic N) is 2. The highest BCUT2D eigenvalue weighted by atomic mass is 15.1. The minimum absolute atomic E-state index is 0.538. The van der Waals surface area contributed by atoms with Crippen molar-refractivity contribution in [3.63, 3.8) is 0 Å². The van der Waals surface area contributed by atoms with Crippen LogP contribution in [0.15, 0.2) is 42.7 Å². The van der Waals surface area contributed by atoms with E-state index in [1.54, 1.807) is 12.4 Å². The van der Waals surface area contributed by atoms with Gasteiger partial charge in [-0.1, -0.05) is 6.07 Å². The molecule has 3 N–H and O–H groups in total. The molecule has 0 unspecified atom stereocenters. The zero-order chi connectivity index (χ0) is 11.0. The first-order valence-electron chi connectivity index (χ1n) is 4.98. The third-order valence-corrected chi connectivity index (χ3v) is 2.61. The van der Waals surface area contributed by atoms with Crippen molar-refractivity contribution in [1.29, 1.82) is 0 Å². The zero-order valence-electron chi connectivity index (χ0n) is 8.51. The van der Waals surface area contributed by atoms with Crippen molar-refractivity contribution in [3.05, 3.63) is 42.7 Å². The van der Waals surface area contributed by atoms with E-state index >= 15 is 0 Å². The van der Waals surface area contributed by atoms with Crippen molar-refractivity contribution in [2.24, 2.45) is 0 Å². The Balaban J connectivity index is 2.19. The van der Waals surface area contributed by atoms with Crippen molar-refractivity contribution in [1.82, 2.24) is 15.2 Å². The highest BCUT2D eigenvalue weighted by Gasteiger charge is 2.03. The van der Waals surface area contributed by atoms with Crippen molar-refractivity contribution in [3.8, 4) is 11.1 Å². The number of aromatic nitrogens is 3. The molecular formula is C12H10N4. The van der Waals surface area contributed by atoms with Crippen molar-refractivity contribution < 1.29 is 0 Å². The Hall–Kier alpha value is -2.36. The number of hydrogen-bond acceptors (Lipinski definition) is 3. The molecular weight excluding hydrogens is 200 g/mol.